The molecule has 0 bridgehead atoms. The Kier molecular flexibility index (Phi) is 9.27. The molecule has 0 saturated heterocycles. The van der Waals surface area contributed by atoms with Crippen molar-refractivity contribution in [3.05, 3.63) is 148 Å². The summed E-state index contributed by atoms with van der Waals surface area (Å²) in [6.45, 7) is 34.6. The quantitative estimate of drug-likeness (QED) is 0.163. The van der Waals surface area contributed by atoms with Crippen LogP contribution in [0, 0.1) is 13.8 Å². The van der Waals surface area contributed by atoms with Crippen molar-refractivity contribution in [3.8, 4) is 11.1 Å². The number of benzene rings is 6. The molecule has 5 aliphatic rings. The van der Waals surface area contributed by atoms with Crippen LogP contribution in [-0.2, 0) is 32.5 Å². The topological polar surface area (TPSA) is 6.48 Å². The fraction of sp³-hybridized carbons (Fsp3) is 0.406. The van der Waals surface area contributed by atoms with Gasteiger partial charge in [-0.2, -0.15) is 0 Å². The number of hydrogen-bond donors (Lipinski definition) is 0. The van der Waals surface area contributed by atoms with Gasteiger partial charge in [0.2, 0.25) is 0 Å². The molecule has 0 radical (unpaired) electrons. The Morgan fingerprint density at radius 1 is 0.441 bits per heavy atom. The number of fused-ring (bicyclic) bond motifs is 9. The van der Waals surface area contributed by atoms with Crippen molar-refractivity contribution < 1.29 is 0 Å². The van der Waals surface area contributed by atoms with E-state index in [2.05, 4.69) is 221 Å². The summed E-state index contributed by atoms with van der Waals surface area (Å²) in [5.41, 5.74) is 25.6. The van der Waals surface area contributed by atoms with Gasteiger partial charge in [-0.05, 0) is 200 Å². The van der Waals surface area contributed by atoms with Gasteiger partial charge in [0.1, 0.15) is 0 Å². The van der Waals surface area contributed by atoms with E-state index >= 15 is 0 Å². The van der Waals surface area contributed by atoms with Crippen molar-refractivity contribution in [2.45, 2.75) is 168 Å². The zero-order valence-corrected chi connectivity index (χ0v) is 44.3. The predicted molar refractivity (Wildman–Crippen MR) is 297 cm³/mol. The van der Waals surface area contributed by atoms with Crippen LogP contribution in [-0.4, -0.2) is 6.71 Å². The molecule has 3 aliphatic carbocycles. The summed E-state index contributed by atoms with van der Waals surface area (Å²) in [6, 6.07) is 41.5. The standard InChI is InChI=1S/C64H71BN2S/c1-38-30-53-56-54(31-38)67(51-32-41(21-20-39(51)2)40-18-16-15-17-19-40)52-36-48-47(62(9,10)27-28-63(48,11)12)35-50(52)65(56)58-57(43-34-46-49(37-55(43)68-58)64(13,14)29-26-61(46,7)8)66(53)42-22-23-44-45(33-42)60(5,6)25-24-59(44,3)4/h15-23,30-37H,24-29H2,1-14H3. The first kappa shape index (κ1) is 44.2. The highest BCUT2D eigenvalue weighted by atomic mass is 32.1. The minimum absolute atomic E-state index is 0.0597. The summed E-state index contributed by atoms with van der Waals surface area (Å²) >= 11 is 2.08. The molecule has 0 atom stereocenters. The van der Waals surface area contributed by atoms with Crippen LogP contribution in [0.2, 0.25) is 0 Å². The number of nitrogens with zero attached hydrogens (tertiary/aromatic N) is 2. The summed E-state index contributed by atoms with van der Waals surface area (Å²) < 4.78 is 2.90. The highest BCUT2D eigenvalue weighted by molar-refractivity contribution is 7.33. The molecule has 6 aromatic carbocycles. The van der Waals surface area contributed by atoms with Gasteiger partial charge < -0.3 is 9.80 Å². The van der Waals surface area contributed by atoms with Gasteiger partial charge in [0.05, 0.1) is 5.69 Å². The molecule has 2 nitrogen and oxygen atoms in total. The molecule has 346 valence electrons. The van der Waals surface area contributed by atoms with Gasteiger partial charge in [0, 0.05) is 43.3 Å². The molecule has 2 aliphatic heterocycles. The second kappa shape index (κ2) is 14.3. The third-order valence-electron chi connectivity index (χ3n) is 18.4. The first-order valence-electron chi connectivity index (χ1n) is 25.8. The monoisotopic (exact) mass is 911 g/mol. The average Bonchev–Trinajstić information content (AvgIpc) is 3.66. The van der Waals surface area contributed by atoms with Gasteiger partial charge in [-0.25, -0.2) is 0 Å². The van der Waals surface area contributed by atoms with Gasteiger partial charge in [-0.3, -0.25) is 0 Å². The van der Waals surface area contributed by atoms with Gasteiger partial charge >= 0.3 is 0 Å². The number of aryl methyl sites for hydroxylation is 2. The fourth-order valence-electron chi connectivity index (χ4n) is 13.6. The van der Waals surface area contributed by atoms with Crippen molar-refractivity contribution in [2.24, 2.45) is 0 Å². The summed E-state index contributed by atoms with van der Waals surface area (Å²) in [5, 5.41) is 1.41. The maximum atomic E-state index is 2.75. The van der Waals surface area contributed by atoms with E-state index in [4.69, 9.17) is 0 Å². The van der Waals surface area contributed by atoms with Crippen LogP contribution >= 0.6 is 11.3 Å². The number of anilines is 6. The maximum Gasteiger partial charge on any atom is 0.264 e. The largest absolute Gasteiger partial charge is 0.311 e. The first-order chi connectivity index (χ1) is 32.0. The Labute approximate surface area is 412 Å². The van der Waals surface area contributed by atoms with Gasteiger partial charge in [-0.15, -0.1) is 11.3 Å². The SMILES string of the molecule is Cc1cc2c3c(c1)N(c1ccc4c(c1)C(C)(C)CCC4(C)C)c1c(sc4cc5c(cc14)C(C)(C)CCC5(C)C)B3c1cc3c(cc1N2c1cc(-c2ccccc2)ccc1C)C(C)(C)CCC3(C)C. The van der Waals surface area contributed by atoms with Gasteiger partial charge in [0.25, 0.3) is 6.71 Å². The van der Waals surface area contributed by atoms with Crippen LogP contribution < -0.4 is 25.5 Å². The summed E-state index contributed by atoms with van der Waals surface area (Å²) in [4.78, 5) is 5.46. The lowest BCUT2D eigenvalue weighted by atomic mass is 9.35. The summed E-state index contributed by atoms with van der Waals surface area (Å²) in [7, 11) is 0. The normalized spacial score (nSPS) is 20.5. The highest BCUT2D eigenvalue weighted by Crippen LogP contribution is 2.56. The molecule has 7 aromatic rings. The fourth-order valence-corrected chi connectivity index (χ4v) is 15.0. The lowest BCUT2D eigenvalue weighted by Gasteiger charge is -2.47. The van der Waals surface area contributed by atoms with Crippen molar-refractivity contribution in [1.82, 2.24) is 0 Å². The van der Waals surface area contributed by atoms with E-state index in [1.165, 1.54) is 149 Å². The van der Waals surface area contributed by atoms with Crippen LogP contribution in [0.5, 0.6) is 0 Å². The Balaban J connectivity index is 1.22. The second-order valence-electron chi connectivity index (χ2n) is 25.9. The minimum atomic E-state index is 0.0597. The van der Waals surface area contributed by atoms with Gasteiger partial charge in [0.15, 0.2) is 0 Å². The zero-order chi connectivity index (χ0) is 47.8. The average molecular weight is 911 g/mol. The molecular formula is C64H71BN2S. The van der Waals surface area contributed by atoms with E-state index < -0.39 is 0 Å². The second-order valence-corrected chi connectivity index (χ2v) is 27.0. The molecular weight excluding hydrogens is 840 g/mol. The molecule has 12 rings (SSSR count). The third-order valence-corrected chi connectivity index (χ3v) is 19.6. The molecule has 0 unspecified atom stereocenters. The van der Waals surface area contributed by atoms with E-state index in [1.54, 1.807) is 5.56 Å². The van der Waals surface area contributed by atoms with E-state index in [0.717, 1.165) is 0 Å². The molecule has 68 heavy (non-hydrogen) atoms. The molecule has 0 fully saturated rings. The van der Waals surface area contributed by atoms with E-state index in [1.807, 2.05) is 0 Å². The van der Waals surface area contributed by atoms with Crippen LogP contribution in [0.1, 0.15) is 166 Å². The molecule has 0 amide bonds. The molecule has 0 spiro atoms. The maximum absolute atomic E-state index is 2.75. The Morgan fingerprint density at radius 3 is 1.59 bits per heavy atom. The Hall–Kier alpha value is -5.06. The molecule has 3 heterocycles. The Bertz CT molecular complexity index is 3280. The summed E-state index contributed by atoms with van der Waals surface area (Å²) in [5.74, 6) is 0. The molecule has 1 aromatic heterocycles. The van der Waals surface area contributed by atoms with E-state index in [-0.39, 0.29) is 39.2 Å². The number of thiophene rings is 1. The predicted octanol–water partition coefficient (Wildman–Crippen LogP) is 16.3. The molecule has 0 N–H and O–H groups in total. The van der Waals surface area contributed by atoms with Crippen LogP contribution in [0.15, 0.2) is 103 Å². The lowest BCUT2D eigenvalue weighted by Crippen LogP contribution is -2.61. The van der Waals surface area contributed by atoms with Crippen LogP contribution in [0.25, 0.3) is 21.2 Å². The highest BCUT2D eigenvalue weighted by Gasteiger charge is 2.49. The van der Waals surface area contributed by atoms with Crippen LogP contribution in [0.4, 0.5) is 34.1 Å². The first-order valence-corrected chi connectivity index (χ1v) is 26.7. The zero-order valence-electron chi connectivity index (χ0n) is 43.4. The lowest BCUT2D eigenvalue weighted by molar-refractivity contribution is 0.332. The smallest absolute Gasteiger partial charge is 0.264 e. The van der Waals surface area contributed by atoms with Crippen LogP contribution in [0.3, 0.4) is 0 Å². The van der Waals surface area contributed by atoms with Gasteiger partial charge in [-0.1, -0.05) is 138 Å². The van der Waals surface area contributed by atoms with Crippen molar-refractivity contribution in [2.75, 3.05) is 9.80 Å². The Morgan fingerprint density at radius 2 is 0.971 bits per heavy atom. The van der Waals surface area contributed by atoms with E-state index in [0.29, 0.717) is 0 Å². The van der Waals surface area contributed by atoms with Crippen molar-refractivity contribution in [1.29, 1.82) is 0 Å². The van der Waals surface area contributed by atoms with Crippen molar-refractivity contribution in [3.63, 3.8) is 0 Å². The minimum Gasteiger partial charge on any atom is -0.311 e. The number of hydrogen-bond acceptors (Lipinski definition) is 3. The third kappa shape index (κ3) is 6.33. The summed E-state index contributed by atoms with van der Waals surface area (Å²) in [6.07, 6.45) is 7.16. The van der Waals surface area contributed by atoms with E-state index in [9.17, 15) is 0 Å². The molecule has 4 heteroatoms. The van der Waals surface area contributed by atoms with Crippen molar-refractivity contribution >= 4 is 78.0 Å². The number of rotatable bonds is 3. The molecule has 0 saturated carbocycles.